The van der Waals surface area contributed by atoms with Gasteiger partial charge in [0.15, 0.2) is 10.8 Å². The van der Waals surface area contributed by atoms with Crippen LogP contribution in [0.25, 0.3) is 11.2 Å². The molecule has 0 aliphatic rings. The number of aliphatic carboxylic acids is 1. The molecule has 0 aromatic carbocycles. The van der Waals surface area contributed by atoms with Crippen molar-refractivity contribution in [2.24, 2.45) is 0 Å². The summed E-state index contributed by atoms with van der Waals surface area (Å²) in [6.07, 6.45) is 1.72. The monoisotopic (exact) mass is 329 g/mol. The van der Waals surface area contributed by atoms with E-state index in [9.17, 15) is 4.79 Å². The fourth-order valence-electron chi connectivity index (χ4n) is 1.63. The Hall–Kier alpha value is -1.08. The zero-order chi connectivity index (χ0) is 13.3. The second kappa shape index (κ2) is 5.27. The summed E-state index contributed by atoms with van der Waals surface area (Å²) in [5.41, 5.74) is 1.55. The maximum atomic E-state index is 10.6. The van der Waals surface area contributed by atoms with Crippen molar-refractivity contribution in [1.82, 2.24) is 14.5 Å². The van der Waals surface area contributed by atoms with E-state index in [2.05, 4.69) is 25.9 Å². The molecule has 0 fully saturated rings. The van der Waals surface area contributed by atoms with Crippen LogP contribution in [-0.4, -0.2) is 31.4 Å². The topological polar surface area (TPSA) is 68.0 Å². The van der Waals surface area contributed by atoms with E-state index < -0.39 is 5.97 Å². The number of carboxylic acids is 1. The lowest BCUT2D eigenvalue weighted by atomic mass is 10.4. The molecule has 0 saturated carbocycles. The first-order valence-electron chi connectivity index (χ1n) is 5.37. The first-order valence-corrected chi connectivity index (χ1v) is 7.15. The zero-order valence-electron chi connectivity index (χ0n) is 9.92. The Kier molecular flexibility index (Phi) is 3.91. The van der Waals surface area contributed by atoms with Gasteiger partial charge in [-0.2, -0.15) is 0 Å². The number of thioether (sulfide) groups is 1. The molecule has 0 aliphatic heterocycles. The molecule has 18 heavy (non-hydrogen) atoms. The van der Waals surface area contributed by atoms with Gasteiger partial charge in [-0.05, 0) is 35.8 Å². The summed E-state index contributed by atoms with van der Waals surface area (Å²) < 4.78 is 2.81. The normalized spacial score (nSPS) is 11.3. The van der Waals surface area contributed by atoms with E-state index in [1.165, 1.54) is 11.8 Å². The van der Waals surface area contributed by atoms with E-state index in [-0.39, 0.29) is 11.8 Å². The first-order chi connectivity index (χ1) is 8.49. The molecule has 0 unspecified atom stereocenters. The van der Waals surface area contributed by atoms with Crippen LogP contribution in [-0.2, 0) is 4.79 Å². The summed E-state index contributed by atoms with van der Waals surface area (Å²) in [4.78, 5) is 19.4. The highest BCUT2D eigenvalue weighted by Crippen LogP contribution is 2.27. The van der Waals surface area contributed by atoms with Crippen molar-refractivity contribution in [3.8, 4) is 0 Å². The van der Waals surface area contributed by atoms with Crippen LogP contribution < -0.4 is 0 Å². The van der Waals surface area contributed by atoms with Gasteiger partial charge < -0.3 is 9.67 Å². The van der Waals surface area contributed by atoms with Gasteiger partial charge in [-0.1, -0.05) is 11.8 Å². The molecule has 0 atom stereocenters. The predicted octanol–water partition coefficient (Wildman–Crippen LogP) is 2.95. The van der Waals surface area contributed by atoms with Crippen LogP contribution in [0.1, 0.15) is 19.9 Å². The van der Waals surface area contributed by atoms with Gasteiger partial charge in [0.2, 0.25) is 0 Å². The molecule has 2 aromatic heterocycles. The standard InChI is InChI=1S/C11H12BrN3O2S/c1-6(2)15-10-8(3-7(12)4-13-10)14-11(15)18-5-9(16)17/h3-4,6H,5H2,1-2H3,(H,16,17). The molecule has 5 nitrogen and oxygen atoms in total. The van der Waals surface area contributed by atoms with Crippen LogP contribution in [0.5, 0.6) is 0 Å². The van der Waals surface area contributed by atoms with Crippen molar-refractivity contribution in [2.45, 2.75) is 25.0 Å². The van der Waals surface area contributed by atoms with Crippen molar-refractivity contribution in [1.29, 1.82) is 0 Å². The van der Waals surface area contributed by atoms with Gasteiger partial charge >= 0.3 is 5.97 Å². The maximum absolute atomic E-state index is 10.6. The molecule has 0 amide bonds. The molecule has 0 bridgehead atoms. The van der Waals surface area contributed by atoms with Gasteiger partial charge in [-0.25, -0.2) is 9.97 Å². The van der Waals surface area contributed by atoms with Crippen LogP contribution in [0.2, 0.25) is 0 Å². The smallest absolute Gasteiger partial charge is 0.313 e. The number of imidazole rings is 1. The van der Waals surface area contributed by atoms with E-state index in [0.29, 0.717) is 5.16 Å². The summed E-state index contributed by atoms with van der Waals surface area (Å²) in [7, 11) is 0. The second-order valence-electron chi connectivity index (χ2n) is 4.04. The van der Waals surface area contributed by atoms with Crippen LogP contribution >= 0.6 is 27.7 Å². The van der Waals surface area contributed by atoms with Crippen molar-refractivity contribution in [3.63, 3.8) is 0 Å². The number of pyridine rings is 1. The van der Waals surface area contributed by atoms with E-state index in [4.69, 9.17) is 5.11 Å². The van der Waals surface area contributed by atoms with Crippen LogP contribution in [0.15, 0.2) is 21.9 Å². The molecule has 0 spiro atoms. The molecule has 7 heteroatoms. The number of hydrogen-bond acceptors (Lipinski definition) is 4. The summed E-state index contributed by atoms with van der Waals surface area (Å²) in [5.74, 6) is -0.853. The third-order valence-corrected chi connectivity index (χ3v) is 3.68. The molecule has 0 radical (unpaired) electrons. The third-order valence-electron chi connectivity index (χ3n) is 2.31. The van der Waals surface area contributed by atoms with Crippen molar-refractivity contribution >= 4 is 44.8 Å². The molecular weight excluding hydrogens is 318 g/mol. The summed E-state index contributed by atoms with van der Waals surface area (Å²) in [5, 5.41) is 9.43. The number of halogens is 1. The van der Waals surface area contributed by atoms with Crippen molar-refractivity contribution in [2.75, 3.05) is 5.75 Å². The number of fused-ring (bicyclic) bond motifs is 1. The Morgan fingerprint density at radius 3 is 2.94 bits per heavy atom. The SMILES string of the molecule is CC(C)n1c(SCC(=O)O)nc2cc(Br)cnc21. The number of carboxylic acid groups (broad SMARTS) is 1. The summed E-state index contributed by atoms with van der Waals surface area (Å²) in [6.45, 7) is 4.05. The minimum absolute atomic E-state index is 0.00277. The van der Waals surface area contributed by atoms with Crippen molar-refractivity contribution < 1.29 is 9.90 Å². The number of hydrogen-bond donors (Lipinski definition) is 1. The van der Waals surface area contributed by atoms with Gasteiger partial charge in [0, 0.05) is 16.7 Å². The molecule has 96 valence electrons. The first kappa shape index (κ1) is 13.4. The molecule has 0 aliphatic carbocycles. The number of rotatable bonds is 4. The number of nitrogens with zero attached hydrogens (tertiary/aromatic N) is 3. The molecule has 2 rings (SSSR count). The van der Waals surface area contributed by atoms with Gasteiger partial charge in [0.1, 0.15) is 5.52 Å². The molecule has 2 heterocycles. The van der Waals surface area contributed by atoms with E-state index >= 15 is 0 Å². The second-order valence-corrected chi connectivity index (χ2v) is 5.89. The maximum Gasteiger partial charge on any atom is 0.313 e. The Balaban J connectivity index is 2.50. The van der Waals surface area contributed by atoms with Gasteiger partial charge in [-0.15, -0.1) is 0 Å². The van der Waals surface area contributed by atoms with E-state index in [1.54, 1.807) is 6.20 Å². The third kappa shape index (κ3) is 2.67. The fraction of sp³-hybridized carbons (Fsp3) is 0.364. The summed E-state index contributed by atoms with van der Waals surface area (Å²) >= 11 is 4.56. The lowest BCUT2D eigenvalue weighted by Crippen LogP contribution is -2.05. The highest BCUT2D eigenvalue weighted by Gasteiger charge is 2.16. The lowest BCUT2D eigenvalue weighted by molar-refractivity contribution is -0.133. The Morgan fingerprint density at radius 1 is 1.61 bits per heavy atom. The molecule has 2 aromatic rings. The molecule has 1 N–H and O–H groups in total. The lowest BCUT2D eigenvalue weighted by Gasteiger charge is -2.10. The van der Waals surface area contributed by atoms with Crippen LogP contribution in [0, 0.1) is 0 Å². The van der Waals surface area contributed by atoms with E-state index in [0.717, 1.165) is 15.6 Å². The number of aromatic nitrogens is 3. The minimum atomic E-state index is -0.850. The van der Waals surface area contributed by atoms with Gasteiger partial charge in [0.05, 0.1) is 5.75 Å². The van der Waals surface area contributed by atoms with Gasteiger partial charge in [0.25, 0.3) is 0 Å². The Bertz CT molecular complexity index is 597. The Morgan fingerprint density at radius 2 is 2.33 bits per heavy atom. The highest BCUT2D eigenvalue weighted by atomic mass is 79.9. The summed E-state index contributed by atoms with van der Waals surface area (Å²) in [6, 6.07) is 2.06. The zero-order valence-corrected chi connectivity index (χ0v) is 12.3. The highest BCUT2D eigenvalue weighted by molar-refractivity contribution is 9.10. The average molecular weight is 330 g/mol. The quantitative estimate of drug-likeness (QED) is 0.873. The molecular formula is C11H12BrN3O2S. The predicted molar refractivity (Wildman–Crippen MR) is 74.0 cm³/mol. The molecule has 0 saturated heterocycles. The van der Waals surface area contributed by atoms with Crippen LogP contribution in [0.3, 0.4) is 0 Å². The minimum Gasteiger partial charge on any atom is -0.481 e. The number of carbonyl (C=O) groups is 1. The van der Waals surface area contributed by atoms with E-state index in [1.807, 2.05) is 24.5 Å². The Labute approximate surface area is 117 Å². The average Bonchev–Trinajstić information content (AvgIpc) is 2.63. The van der Waals surface area contributed by atoms with Crippen molar-refractivity contribution in [3.05, 3.63) is 16.7 Å². The van der Waals surface area contributed by atoms with Gasteiger partial charge in [-0.3, -0.25) is 4.79 Å². The van der Waals surface area contributed by atoms with Crippen LogP contribution in [0.4, 0.5) is 0 Å². The fourth-order valence-corrected chi connectivity index (χ4v) is 2.80. The largest absolute Gasteiger partial charge is 0.481 e.